The molecular formula is C19H11Cl2NO. The normalized spacial score (nSPS) is 11.0. The summed E-state index contributed by atoms with van der Waals surface area (Å²) in [6, 6.07) is 21.2. The molecule has 4 heteroatoms. The lowest BCUT2D eigenvalue weighted by Gasteiger charge is -2.11. The van der Waals surface area contributed by atoms with Crippen molar-refractivity contribution in [2.24, 2.45) is 0 Å². The lowest BCUT2D eigenvalue weighted by atomic mass is 10.00. The van der Waals surface area contributed by atoms with E-state index in [-0.39, 0.29) is 0 Å². The minimum Gasteiger partial charge on any atom is -0.355 e. The molecule has 0 bridgehead atoms. The molecular weight excluding hydrogens is 329 g/mol. The fourth-order valence-corrected chi connectivity index (χ4v) is 2.89. The van der Waals surface area contributed by atoms with Crippen LogP contribution in [-0.4, -0.2) is 5.16 Å². The van der Waals surface area contributed by atoms with E-state index >= 15 is 0 Å². The number of hydrogen-bond donors (Lipinski definition) is 0. The zero-order valence-corrected chi connectivity index (χ0v) is 13.5. The first-order chi connectivity index (χ1) is 11.2. The van der Waals surface area contributed by atoms with E-state index in [4.69, 9.17) is 27.7 Å². The van der Waals surface area contributed by atoms with Gasteiger partial charge in [-0.05, 0) is 36.4 Å². The summed E-state index contributed by atoms with van der Waals surface area (Å²) in [6.07, 6.45) is 0. The van der Waals surface area contributed by atoms with Gasteiger partial charge in [0.25, 0.3) is 0 Å². The topological polar surface area (TPSA) is 26.0 Å². The van der Waals surface area contributed by atoms with Crippen molar-refractivity contribution in [2.75, 3.05) is 0 Å². The lowest BCUT2D eigenvalue weighted by molar-refractivity contribution is 0.418. The Morgan fingerprint density at radius 2 is 1.22 bits per heavy atom. The van der Waals surface area contributed by atoms with Crippen molar-refractivity contribution in [1.29, 1.82) is 0 Å². The third-order valence-corrected chi connectivity index (χ3v) is 4.27. The molecule has 112 valence electrons. The fraction of sp³-hybridized carbons (Fsp3) is 0. The summed E-state index contributed by atoms with van der Waals surface area (Å²) in [7, 11) is 0. The van der Waals surface area contributed by atoms with Gasteiger partial charge in [0.2, 0.25) is 0 Å². The zero-order chi connectivity index (χ0) is 15.8. The molecule has 0 unspecified atom stereocenters. The van der Waals surface area contributed by atoms with Crippen LogP contribution in [0.1, 0.15) is 0 Å². The van der Waals surface area contributed by atoms with Gasteiger partial charge in [0.05, 0.1) is 0 Å². The number of benzene rings is 2. The van der Waals surface area contributed by atoms with Crippen LogP contribution in [0.25, 0.3) is 33.7 Å². The predicted octanol–water partition coefficient (Wildman–Crippen LogP) is 6.42. The Balaban J connectivity index is 1.87. The van der Waals surface area contributed by atoms with E-state index in [1.54, 1.807) is 0 Å². The van der Waals surface area contributed by atoms with E-state index in [1.165, 1.54) is 0 Å². The molecule has 0 spiro atoms. The molecule has 1 aliphatic carbocycles. The van der Waals surface area contributed by atoms with Crippen LogP contribution in [-0.2, 0) is 0 Å². The van der Waals surface area contributed by atoms with Crippen LogP contribution < -0.4 is 0 Å². The number of rotatable bonds is 2. The van der Waals surface area contributed by atoms with Gasteiger partial charge < -0.3 is 4.52 Å². The Morgan fingerprint density at radius 1 is 0.652 bits per heavy atom. The van der Waals surface area contributed by atoms with E-state index in [0.717, 1.165) is 33.7 Å². The molecule has 2 aromatic carbocycles. The predicted molar refractivity (Wildman–Crippen MR) is 94.0 cm³/mol. The maximum absolute atomic E-state index is 5.96. The molecule has 23 heavy (non-hydrogen) atoms. The molecule has 0 aromatic heterocycles. The highest BCUT2D eigenvalue weighted by molar-refractivity contribution is 6.31. The Kier molecular flexibility index (Phi) is 3.56. The fourth-order valence-electron chi connectivity index (χ4n) is 2.64. The number of aromatic nitrogens is 1. The van der Waals surface area contributed by atoms with Gasteiger partial charge >= 0.3 is 0 Å². The van der Waals surface area contributed by atoms with Gasteiger partial charge in [0.1, 0.15) is 5.69 Å². The largest absolute Gasteiger partial charge is 0.355 e. The van der Waals surface area contributed by atoms with Crippen molar-refractivity contribution >= 4 is 23.2 Å². The van der Waals surface area contributed by atoms with E-state index in [9.17, 15) is 0 Å². The van der Waals surface area contributed by atoms with Gasteiger partial charge in [-0.25, -0.2) is 0 Å². The molecule has 0 atom stereocenters. The van der Waals surface area contributed by atoms with Gasteiger partial charge in [-0.1, -0.05) is 58.7 Å². The van der Waals surface area contributed by atoms with Gasteiger partial charge in [-0.3, -0.25) is 0 Å². The van der Waals surface area contributed by atoms with Crippen molar-refractivity contribution in [1.82, 2.24) is 5.16 Å². The molecule has 0 fully saturated rings. The maximum atomic E-state index is 5.96. The lowest BCUT2D eigenvalue weighted by Crippen LogP contribution is -1.92. The summed E-state index contributed by atoms with van der Waals surface area (Å²) in [6.45, 7) is 0. The maximum Gasteiger partial charge on any atom is 0.173 e. The summed E-state index contributed by atoms with van der Waals surface area (Å²) >= 11 is 11.9. The first-order valence-corrected chi connectivity index (χ1v) is 7.88. The summed E-state index contributed by atoms with van der Waals surface area (Å²) < 4.78 is 5.71. The average molecular weight is 340 g/mol. The van der Waals surface area contributed by atoms with Crippen LogP contribution in [0.15, 0.2) is 71.3 Å². The quantitative estimate of drug-likeness (QED) is 0.421. The van der Waals surface area contributed by atoms with Crippen molar-refractivity contribution in [3.8, 4) is 33.7 Å². The SMILES string of the molecule is Clc1ccc(-c2noc(-c3ccc(Cl)cc3)c3cccc2-3)cc1. The molecule has 2 nitrogen and oxygen atoms in total. The molecule has 4 rings (SSSR count). The average Bonchev–Trinajstić information content (AvgIpc) is 3.05. The van der Waals surface area contributed by atoms with E-state index < -0.39 is 0 Å². The second kappa shape index (κ2) is 5.73. The third-order valence-electron chi connectivity index (χ3n) is 3.77. The molecule has 0 radical (unpaired) electrons. The molecule has 0 saturated heterocycles. The van der Waals surface area contributed by atoms with E-state index in [0.29, 0.717) is 10.0 Å². The standard InChI is InChI=1S/C19H11Cl2NO/c20-14-8-4-12(5-9-14)18-16-2-1-3-17(16)19(23-22-18)13-6-10-15(21)11-7-13/h1-11H. The molecule has 1 aliphatic heterocycles. The van der Waals surface area contributed by atoms with Crippen molar-refractivity contribution < 1.29 is 4.52 Å². The molecule has 0 saturated carbocycles. The second-order valence-corrected chi connectivity index (χ2v) is 6.10. The Hall–Kier alpha value is -2.29. The Bertz CT molecular complexity index is 850. The summed E-state index contributed by atoms with van der Waals surface area (Å²) in [5.41, 5.74) is 4.79. The monoisotopic (exact) mass is 339 g/mol. The highest BCUT2D eigenvalue weighted by atomic mass is 35.5. The molecule has 2 aromatic rings. The van der Waals surface area contributed by atoms with Crippen LogP contribution >= 0.6 is 23.2 Å². The summed E-state index contributed by atoms with van der Waals surface area (Å²) in [4.78, 5) is 0. The number of nitrogens with zero attached hydrogens (tertiary/aromatic N) is 1. The van der Waals surface area contributed by atoms with Crippen LogP contribution in [0.2, 0.25) is 10.0 Å². The molecule has 0 amide bonds. The Labute approximate surface area is 143 Å². The van der Waals surface area contributed by atoms with Gasteiger partial charge in [0.15, 0.2) is 5.76 Å². The first kappa shape index (κ1) is 14.3. The van der Waals surface area contributed by atoms with Crippen molar-refractivity contribution in [2.45, 2.75) is 0 Å². The summed E-state index contributed by atoms with van der Waals surface area (Å²) in [5, 5.41) is 5.72. The minimum atomic E-state index is 0.693. The summed E-state index contributed by atoms with van der Waals surface area (Å²) in [5.74, 6) is 0.736. The van der Waals surface area contributed by atoms with E-state index in [2.05, 4.69) is 5.16 Å². The molecule has 1 heterocycles. The number of hydrogen-bond acceptors (Lipinski definition) is 2. The molecule has 2 aliphatic rings. The van der Waals surface area contributed by atoms with Crippen LogP contribution in [0, 0.1) is 0 Å². The van der Waals surface area contributed by atoms with Crippen LogP contribution in [0.5, 0.6) is 0 Å². The smallest absolute Gasteiger partial charge is 0.173 e. The van der Waals surface area contributed by atoms with E-state index in [1.807, 2.05) is 66.7 Å². The highest BCUT2D eigenvalue weighted by Gasteiger charge is 2.19. The highest BCUT2D eigenvalue weighted by Crippen LogP contribution is 2.39. The minimum absolute atomic E-state index is 0.693. The van der Waals surface area contributed by atoms with Gasteiger partial charge in [0, 0.05) is 32.3 Å². The zero-order valence-electron chi connectivity index (χ0n) is 12.0. The number of fused-ring (bicyclic) bond motifs is 1. The van der Waals surface area contributed by atoms with Gasteiger partial charge in [-0.2, -0.15) is 0 Å². The molecule has 0 N–H and O–H groups in total. The van der Waals surface area contributed by atoms with Crippen LogP contribution in [0.4, 0.5) is 0 Å². The first-order valence-electron chi connectivity index (χ1n) is 7.13. The van der Waals surface area contributed by atoms with Crippen molar-refractivity contribution in [3.63, 3.8) is 0 Å². The van der Waals surface area contributed by atoms with Crippen molar-refractivity contribution in [3.05, 3.63) is 76.8 Å². The third kappa shape index (κ3) is 2.61. The van der Waals surface area contributed by atoms with Crippen LogP contribution in [0.3, 0.4) is 0 Å². The second-order valence-electron chi connectivity index (χ2n) is 5.23. The Morgan fingerprint density at radius 3 is 1.87 bits per heavy atom. The number of halogens is 2. The van der Waals surface area contributed by atoms with Gasteiger partial charge in [-0.15, -0.1) is 0 Å².